The van der Waals surface area contributed by atoms with Crippen molar-refractivity contribution in [2.24, 2.45) is 0 Å². The van der Waals surface area contributed by atoms with E-state index in [1.54, 1.807) is 0 Å². The van der Waals surface area contributed by atoms with E-state index in [1.165, 1.54) is 13.8 Å². The lowest BCUT2D eigenvalue weighted by molar-refractivity contribution is -0.114. The van der Waals surface area contributed by atoms with Gasteiger partial charge < -0.3 is 4.79 Å². The molecule has 0 fully saturated rings. The van der Waals surface area contributed by atoms with E-state index in [1.807, 2.05) is 0 Å². The molecule has 0 heterocycles. The summed E-state index contributed by atoms with van der Waals surface area (Å²) >= 11 is 20.0. The Morgan fingerprint density at radius 2 is 1.00 bits per heavy atom. The molecular formula is C5H6Cl4O. The Labute approximate surface area is 79.9 Å². The molecule has 0 amide bonds. The van der Waals surface area contributed by atoms with E-state index in [2.05, 4.69) is 0 Å². The van der Waals surface area contributed by atoms with Crippen LogP contribution in [-0.4, -0.2) is 5.78 Å². The predicted octanol–water partition coefficient (Wildman–Crippen LogP) is 3.66. The predicted molar refractivity (Wildman–Crippen MR) is 46.8 cm³/mol. The summed E-state index contributed by atoms with van der Waals surface area (Å²) in [5.74, 6) is 0.167. The first-order chi connectivity index (χ1) is 4.37. The van der Waals surface area contributed by atoms with Crippen molar-refractivity contribution in [2.45, 2.75) is 13.8 Å². The largest absolute Gasteiger partial charge is 0.300 e. The van der Waals surface area contributed by atoms with E-state index in [4.69, 9.17) is 46.4 Å². The van der Waals surface area contributed by atoms with Crippen molar-refractivity contribution >= 4 is 52.2 Å². The van der Waals surface area contributed by atoms with Crippen molar-refractivity contribution in [3.8, 4) is 0 Å². The van der Waals surface area contributed by atoms with Gasteiger partial charge in [0.1, 0.15) is 14.8 Å². The van der Waals surface area contributed by atoms with Crippen LogP contribution in [0.2, 0.25) is 0 Å². The van der Waals surface area contributed by atoms with Crippen molar-refractivity contribution in [3.63, 3.8) is 0 Å². The SMILES string of the molecule is CC(C)=O.ClC(Cl)=C(Cl)Cl. The highest BCUT2D eigenvalue weighted by atomic mass is 35.5. The topological polar surface area (TPSA) is 17.1 Å². The van der Waals surface area contributed by atoms with E-state index >= 15 is 0 Å². The fourth-order valence-electron chi connectivity index (χ4n) is 0. The van der Waals surface area contributed by atoms with E-state index in [9.17, 15) is 4.79 Å². The smallest absolute Gasteiger partial charge is 0.136 e. The van der Waals surface area contributed by atoms with Gasteiger partial charge in [-0.3, -0.25) is 0 Å². The van der Waals surface area contributed by atoms with Gasteiger partial charge in [0.05, 0.1) is 0 Å². The van der Waals surface area contributed by atoms with Gasteiger partial charge in [-0.15, -0.1) is 0 Å². The van der Waals surface area contributed by atoms with E-state index in [-0.39, 0.29) is 14.8 Å². The number of rotatable bonds is 0. The van der Waals surface area contributed by atoms with Crippen molar-refractivity contribution in [1.29, 1.82) is 0 Å². The highest BCUT2D eigenvalue weighted by Crippen LogP contribution is 2.20. The Morgan fingerprint density at radius 3 is 1.00 bits per heavy atom. The van der Waals surface area contributed by atoms with Gasteiger partial charge in [-0.2, -0.15) is 0 Å². The molecule has 0 aromatic rings. The maximum atomic E-state index is 9.44. The van der Waals surface area contributed by atoms with E-state index < -0.39 is 0 Å². The number of Topliss-reactive ketones (excluding diaryl/α,β-unsaturated/α-hetero) is 1. The molecule has 0 saturated carbocycles. The molecule has 0 saturated heterocycles. The monoisotopic (exact) mass is 222 g/mol. The Hall–Kier alpha value is 0.570. The molecular weight excluding hydrogens is 218 g/mol. The number of halogens is 4. The molecule has 0 aliphatic carbocycles. The molecule has 0 radical (unpaired) electrons. The summed E-state index contributed by atoms with van der Waals surface area (Å²) < 4.78 is -0.198. The normalized spacial score (nSPS) is 7.40. The molecule has 0 bridgehead atoms. The van der Waals surface area contributed by atoms with Gasteiger partial charge in [-0.05, 0) is 13.8 Å². The Morgan fingerprint density at radius 1 is 0.900 bits per heavy atom. The molecule has 0 aliphatic heterocycles. The van der Waals surface area contributed by atoms with Crippen LogP contribution in [0.25, 0.3) is 0 Å². The average Bonchev–Trinajstić information content (AvgIpc) is 1.63. The lowest BCUT2D eigenvalue weighted by Crippen LogP contribution is -1.69. The molecule has 0 rings (SSSR count). The standard InChI is InChI=1S/C3H6O.C2Cl4/c1-3(2)4;3-1(4)2(5)6/h1-2H3;. The zero-order valence-corrected chi connectivity index (χ0v) is 8.44. The first-order valence-corrected chi connectivity index (χ1v) is 3.72. The molecule has 60 valence electrons. The summed E-state index contributed by atoms with van der Waals surface area (Å²) in [6.45, 7) is 3.06. The summed E-state index contributed by atoms with van der Waals surface area (Å²) in [6, 6.07) is 0. The lowest BCUT2D eigenvalue weighted by Gasteiger charge is -1.75. The number of hydrogen-bond acceptors (Lipinski definition) is 1. The molecule has 0 aromatic carbocycles. The second kappa shape index (κ2) is 7.67. The Balaban J connectivity index is 0. The molecule has 0 spiro atoms. The van der Waals surface area contributed by atoms with Gasteiger partial charge in [-0.1, -0.05) is 46.4 Å². The lowest BCUT2D eigenvalue weighted by atomic mass is 10.6. The second-order valence-electron chi connectivity index (χ2n) is 1.43. The van der Waals surface area contributed by atoms with Crippen LogP contribution < -0.4 is 0 Å². The fourth-order valence-corrected chi connectivity index (χ4v) is 0. The van der Waals surface area contributed by atoms with Gasteiger partial charge in [0.15, 0.2) is 0 Å². The molecule has 0 N–H and O–H groups in total. The van der Waals surface area contributed by atoms with Gasteiger partial charge in [0, 0.05) is 0 Å². The van der Waals surface area contributed by atoms with Gasteiger partial charge in [0.2, 0.25) is 0 Å². The maximum absolute atomic E-state index is 9.44. The van der Waals surface area contributed by atoms with Crippen molar-refractivity contribution in [3.05, 3.63) is 8.98 Å². The van der Waals surface area contributed by atoms with Crippen molar-refractivity contribution in [1.82, 2.24) is 0 Å². The fraction of sp³-hybridized carbons (Fsp3) is 0.400. The molecule has 10 heavy (non-hydrogen) atoms. The van der Waals surface area contributed by atoms with Gasteiger partial charge in [0.25, 0.3) is 0 Å². The number of hydrogen-bond donors (Lipinski definition) is 0. The first kappa shape index (κ1) is 13.2. The molecule has 0 atom stereocenters. The van der Waals surface area contributed by atoms with Crippen LogP contribution in [0.3, 0.4) is 0 Å². The Bertz CT molecular complexity index is 119. The minimum absolute atomic E-state index is 0.0988. The second-order valence-corrected chi connectivity index (χ2v) is 3.33. The van der Waals surface area contributed by atoms with Crippen LogP contribution in [0, 0.1) is 0 Å². The van der Waals surface area contributed by atoms with Crippen LogP contribution in [-0.2, 0) is 4.79 Å². The summed E-state index contributed by atoms with van der Waals surface area (Å²) in [5.41, 5.74) is 0. The van der Waals surface area contributed by atoms with E-state index in [0.717, 1.165) is 0 Å². The highest BCUT2D eigenvalue weighted by molar-refractivity contribution is 6.67. The zero-order chi connectivity index (χ0) is 8.73. The third-order valence-corrected chi connectivity index (χ3v) is 1.29. The summed E-state index contributed by atoms with van der Waals surface area (Å²) in [7, 11) is 0. The maximum Gasteiger partial charge on any atom is 0.136 e. The molecule has 5 heteroatoms. The molecule has 0 aliphatic rings. The zero-order valence-electron chi connectivity index (χ0n) is 5.42. The molecule has 0 unspecified atom stereocenters. The van der Waals surface area contributed by atoms with Crippen LogP contribution in [0.4, 0.5) is 0 Å². The number of ketones is 1. The summed E-state index contributed by atoms with van der Waals surface area (Å²) in [5, 5.41) is 0. The number of carbonyl (C=O) groups is 1. The summed E-state index contributed by atoms with van der Waals surface area (Å²) in [6.07, 6.45) is 0. The average molecular weight is 224 g/mol. The highest BCUT2D eigenvalue weighted by Gasteiger charge is 1.88. The minimum Gasteiger partial charge on any atom is -0.300 e. The third-order valence-electron chi connectivity index (χ3n) is 0.143. The van der Waals surface area contributed by atoms with Crippen LogP contribution >= 0.6 is 46.4 Å². The van der Waals surface area contributed by atoms with Crippen LogP contribution in [0.15, 0.2) is 8.98 Å². The van der Waals surface area contributed by atoms with Crippen LogP contribution in [0.1, 0.15) is 13.8 Å². The molecule has 0 aromatic heterocycles. The van der Waals surface area contributed by atoms with Crippen molar-refractivity contribution in [2.75, 3.05) is 0 Å². The number of carbonyl (C=O) groups excluding carboxylic acids is 1. The van der Waals surface area contributed by atoms with Gasteiger partial charge in [-0.25, -0.2) is 0 Å². The molecule has 1 nitrogen and oxygen atoms in total. The van der Waals surface area contributed by atoms with Crippen molar-refractivity contribution < 1.29 is 4.79 Å². The van der Waals surface area contributed by atoms with E-state index in [0.29, 0.717) is 0 Å². The third kappa shape index (κ3) is 23.5. The first-order valence-electron chi connectivity index (χ1n) is 2.21. The Kier molecular flexibility index (Phi) is 10.1. The van der Waals surface area contributed by atoms with Gasteiger partial charge >= 0.3 is 0 Å². The van der Waals surface area contributed by atoms with Crippen LogP contribution in [0.5, 0.6) is 0 Å². The minimum atomic E-state index is -0.0988. The summed E-state index contributed by atoms with van der Waals surface area (Å²) in [4.78, 5) is 9.44. The quantitative estimate of drug-likeness (QED) is 0.613.